The zero-order valence-electron chi connectivity index (χ0n) is 13.6. The van der Waals surface area contributed by atoms with Crippen LogP contribution in [-0.4, -0.2) is 43.6 Å². The topological polar surface area (TPSA) is 74.9 Å². The number of nitrogens with two attached hydrogens (primary N) is 1. The van der Waals surface area contributed by atoms with Gasteiger partial charge in [-0.1, -0.05) is 0 Å². The van der Waals surface area contributed by atoms with Crippen LogP contribution >= 0.6 is 0 Å². The van der Waals surface area contributed by atoms with E-state index in [4.69, 9.17) is 10.5 Å². The second kappa shape index (κ2) is 7.37. The summed E-state index contributed by atoms with van der Waals surface area (Å²) in [5.41, 5.74) is 7.88. The minimum Gasteiger partial charge on any atom is -0.492 e. The maximum atomic E-state index is 5.88. The minimum atomic E-state index is 0.624. The smallest absolute Gasteiger partial charge is 0.201 e. The summed E-state index contributed by atoms with van der Waals surface area (Å²) >= 11 is 0. The minimum absolute atomic E-state index is 0.624. The molecule has 124 valence electrons. The molecular formula is C17H25N5O. The van der Waals surface area contributed by atoms with Gasteiger partial charge in [-0.05, 0) is 62.7 Å². The summed E-state index contributed by atoms with van der Waals surface area (Å²) < 4.78 is 5.80. The zero-order chi connectivity index (χ0) is 16.1. The molecule has 1 fully saturated rings. The van der Waals surface area contributed by atoms with Crippen molar-refractivity contribution >= 4 is 11.6 Å². The third-order valence-electron chi connectivity index (χ3n) is 4.18. The second-order valence-corrected chi connectivity index (χ2v) is 6.03. The van der Waals surface area contributed by atoms with Crippen molar-refractivity contribution < 1.29 is 4.74 Å². The predicted molar refractivity (Wildman–Crippen MR) is 93.6 cm³/mol. The van der Waals surface area contributed by atoms with Gasteiger partial charge < -0.3 is 21.1 Å². The summed E-state index contributed by atoms with van der Waals surface area (Å²) in [4.78, 5) is 6.84. The highest BCUT2D eigenvalue weighted by Crippen LogP contribution is 2.16. The van der Waals surface area contributed by atoms with E-state index < -0.39 is 0 Å². The molecule has 3 rings (SSSR count). The number of rotatable bonds is 5. The number of nitrogens with one attached hydrogen (secondary N) is 2. The summed E-state index contributed by atoms with van der Waals surface area (Å²) in [5, 5.41) is 6.28. The van der Waals surface area contributed by atoms with Gasteiger partial charge in [0.1, 0.15) is 18.2 Å². The van der Waals surface area contributed by atoms with Crippen LogP contribution in [0.3, 0.4) is 0 Å². The lowest BCUT2D eigenvalue weighted by Gasteiger charge is -2.18. The van der Waals surface area contributed by atoms with E-state index in [1.165, 1.54) is 25.9 Å². The molecule has 0 radical (unpaired) electrons. The van der Waals surface area contributed by atoms with Crippen LogP contribution in [0.5, 0.6) is 5.75 Å². The van der Waals surface area contributed by atoms with E-state index in [1.54, 1.807) is 0 Å². The molecule has 0 saturated carbocycles. The van der Waals surface area contributed by atoms with E-state index in [-0.39, 0.29) is 0 Å². The Hall–Kier alpha value is -2.21. The van der Waals surface area contributed by atoms with Gasteiger partial charge in [-0.3, -0.25) is 4.90 Å². The van der Waals surface area contributed by atoms with Crippen molar-refractivity contribution in [3.05, 3.63) is 35.7 Å². The molecule has 2 aliphatic rings. The van der Waals surface area contributed by atoms with E-state index in [9.17, 15) is 0 Å². The maximum Gasteiger partial charge on any atom is 0.201 e. The van der Waals surface area contributed by atoms with E-state index in [1.807, 2.05) is 31.2 Å². The molecule has 1 aromatic carbocycles. The van der Waals surface area contributed by atoms with Gasteiger partial charge in [0.2, 0.25) is 5.96 Å². The fourth-order valence-electron chi connectivity index (χ4n) is 2.70. The highest BCUT2D eigenvalue weighted by atomic mass is 16.5. The number of guanidine groups is 1. The van der Waals surface area contributed by atoms with Gasteiger partial charge >= 0.3 is 0 Å². The molecule has 6 heteroatoms. The summed E-state index contributed by atoms with van der Waals surface area (Å²) in [6.07, 6.45) is 2.63. The van der Waals surface area contributed by atoms with Crippen molar-refractivity contribution in [3.63, 3.8) is 0 Å². The first-order valence-corrected chi connectivity index (χ1v) is 8.19. The lowest BCUT2D eigenvalue weighted by Crippen LogP contribution is -2.37. The SMILES string of the molecule is CC1=C(N)NC(Nc2ccc(OCCN3CCCC3)cc2)=NC1. The Bertz CT molecular complexity index is 588. The Balaban J connectivity index is 1.45. The summed E-state index contributed by atoms with van der Waals surface area (Å²) in [5.74, 6) is 2.24. The number of ether oxygens (including phenoxy) is 1. The molecule has 0 amide bonds. The highest BCUT2D eigenvalue weighted by molar-refractivity contribution is 5.95. The monoisotopic (exact) mass is 315 g/mol. The molecular weight excluding hydrogens is 290 g/mol. The number of likely N-dealkylation sites (tertiary alicyclic amines) is 1. The van der Waals surface area contributed by atoms with Gasteiger partial charge in [0, 0.05) is 12.2 Å². The Morgan fingerprint density at radius 3 is 2.70 bits per heavy atom. The van der Waals surface area contributed by atoms with Gasteiger partial charge in [-0.2, -0.15) is 0 Å². The van der Waals surface area contributed by atoms with Crippen LogP contribution in [0, 0.1) is 0 Å². The van der Waals surface area contributed by atoms with Crippen molar-refractivity contribution in [3.8, 4) is 5.75 Å². The van der Waals surface area contributed by atoms with Crippen molar-refractivity contribution in [1.82, 2.24) is 10.2 Å². The largest absolute Gasteiger partial charge is 0.492 e. The summed E-state index contributed by atoms with van der Waals surface area (Å²) in [7, 11) is 0. The van der Waals surface area contributed by atoms with Gasteiger partial charge in [0.25, 0.3) is 0 Å². The molecule has 0 spiro atoms. The van der Waals surface area contributed by atoms with Crippen LogP contribution in [0.25, 0.3) is 0 Å². The van der Waals surface area contributed by atoms with Crippen LogP contribution in [0.15, 0.2) is 40.7 Å². The molecule has 0 bridgehead atoms. The van der Waals surface area contributed by atoms with Crippen LogP contribution < -0.4 is 21.1 Å². The first kappa shape index (κ1) is 15.7. The summed E-state index contributed by atoms with van der Waals surface area (Å²) in [6, 6.07) is 7.91. The zero-order valence-corrected chi connectivity index (χ0v) is 13.6. The first-order chi connectivity index (χ1) is 11.2. The third kappa shape index (κ3) is 4.39. The Kier molecular flexibility index (Phi) is 5.02. The molecule has 1 aromatic rings. The molecule has 6 nitrogen and oxygen atoms in total. The maximum absolute atomic E-state index is 5.88. The number of anilines is 1. The van der Waals surface area contributed by atoms with Crippen molar-refractivity contribution in [2.24, 2.45) is 10.7 Å². The van der Waals surface area contributed by atoms with Crippen molar-refractivity contribution in [2.75, 3.05) is 38.1 Å². The highest BCUT2D eigenvalue weighted by Gasteiger charge is 2.11. The number of aliphatic imine (C=N–C) groups is 1. The lowest BCUT2D eigenvalue weighted by molar-refractivity contribution is 0.238. The van der Waals surface area contributed by atoms with Crippen molar-refractivity contribution in [2.45, 2.75) is 19.8 Å². The second-order valence-electron chi connectivity index (χ2n) is 6.03. The van der Waals surface area contributed by atoms with Crippen LogP contribution in [-0.2, 0) is 0 Å². The van der Waals surface area contributed by atoms with Gasteiger partial charge in [-0.15, -0.1) is 0 Å². The lowest BCUT2D eigenvalue weighted by atomic mass is 10.3. The summed E-state index contributed by atoms with van der Waals surface area (Å²) in [6.45, 7) is 6.75. The van der Waals surface area contributed by atoms with Crippen LogP contribution in [0.2, 0.25) is 0 Å². The number of hydrogen-bond donors (Lipinski definition) is 3. The number of benzene rings is 1. The number of hydrogen-bond acceptors (Lipinski definition) is 6. The fourth-order valence-corrected chi connectivity index (χ4v) is 2.70. The molecule has 0 aromatic heterocycles. The molecule has 0 atom stereocenters. The van der Waals surface area contributed by atoms with Crippen LogP contribution in [0.4, 0.5) is 5.69 Å². The van der Waals surface area contributed by atoms with E-state index in [0.29, 0.717) is 18.3 Å². The fraction of sp³-hybridized carbons (Fsp3) is 0.471. The first-order valence-electron chi connectivity index (χ1n) is 8.19. The Labute approximate surface area is 137 Å². The Morgan fingerprint density at radius 1 is 1.26 bits per heavy atom. The standard InChI is InChI=1S/C17H25N5O/c1-13-12-19-17(21-16(13)18)20-14-4-6-15(7-5-14)23-11-10-22-8-2-3-9-22/h4-7H,2-3,8-12,18H2,1H3,(H2,19,20,21). The molecule has 23 heavy (non-hydrogen) atoms. The predicted octanol–water partition coefficient (Wildman–Crippen LogP) is 1.72. The Morgan fingerprint density at radius 2 is 2.00 bits per heavy atom. The van der Waals surface area contributed by atoms with Crippen LogP contribution in [0.1, 0.15) is 19.8 Å². The van der Waals surface area contributed by atoms with E-state index in [0.717, 1.165) is 30.2 Å². The van der Waals surface area contributed by atoms with E-state index in [2.05, 4.69) is 20.5 Å². The van der Waals surface area contributed by atoms with Crippen molar-refractivity contribution in [1.29, 1.82) is 0 Å². The van der Waals surface area contributed by atoms with Gasteiger partial charge in [0.05, 0.1) is 6.54 Å². The molecule has 0 unspecified atom stereocenters. The average molecular weight is 315 g/mol. The quantitative estimate of drug-likeness (QED) is 0.771. The average Bonchev–Trinajstić information content (AvgIpc) is 3.06. The van der Waals surface area contributed by atoms with Gasteiger partial charge in [0.15, 0.2) is 0 Å². The normalized spacial score (nSPS) is 18.6. The number of nitrogens with zero attached hydrogens (tertiary/aromatic N) is 2. The molecule has 2 aliphatic heterocycles. The molecule has 1 saturated heterocycles. The molecule has 2 heterocycles. The van der Waals surface area contributed by atoms with Gasteiger partial charge in [-0.25, -0.2) is 4.99 Å². The van der Waals surface area contributed by atoms with E-state index >= 15 is 0 Å². The third-order valence-corrected chi connectivity index (χ3v) is 4.18. The molecule has 4 N–H and O–H groups in total. The molecule has 0 aliphatic carbocycles.